The van der Waals surface area contributed by atoms with Crippen molar-refractivity contribution in [2.75, 3.05) is 7.05 Å². The lowest BCUT2D eigenvalue weighted by atomic mass is 10.1. The van der Waals surface area contributed by atoms with Crippen molar-refractivity contribution in [3.8, 4) is 0 Å². The Bertz CT molecular complexity index is 1390. The number of carbonyl (C=O) groups is 2. The number of nitrogens with one attached hydrogen (secondary N) is 1. The summed E-state index contributed by atoms with van der Waals surface area (Å²) in [6.45, 7) is 0.843. The van der Waals surface area contributed by atoms with Crippen LogP contribution in [0.5, 0.6) is 0 Å². The molecular formula is C26H24Cl2N4O2. The van der Waals surface area contributed by atoms with Crippen LogP contribution in [0.1, 0.15) is 22.3 Å². The molecule has 0 fully saturated rings. The van der Waals surface area contributed by atoms with Crippen molar-refractivity contribution in [3.05, 3.63) is 99.6 Å². The zero-order valence-corrected chi connectivity index (χ0v) is 20.2. The average molecular weight is 495 g/mol. The molecule has 34 heavy (non-hydrogen) atoms. The van der Waals surface area contributed by atoms with Gasteiger partial charge in [-0.2, -0.15) is 0 Å². The molecule has 8 heteroatoms. The summed E-state index contributed by atoms with van der Waals surface area (Å²) in [5.41, 5.74) is 3.29. The second-order valence-electron chi connectivity index (χ2n) is 8.11. The molecule has 6 nitrogen and oxygen atoms in total. The third-order valence-electron chi connectivity index (χ3n) is 5.75. The lowest BCUT2D eigenvalue weighted by molar-refractivity contribution is -0.130. The number of para-hydroxylation sites is 2. The number of rotatable bonds is 8. The molecule has 0 atom stereocenters. The first-order valence-corrected chi connectivity index (χ1v) is 11.6. The lowest BCUT2D eigenvalue weighted by Crippen LogP contribution is -2.31. The maximum absolute atomic E-state index is 12.9. The predicted molar refractivity (Wildman–Crippen MR) is 134 cm³/mol. The number of hydrogen-bond donors (Lipinski definition) is 1. The van der Waals surface area contributed by atoms with E-state index in [1.165, 1.54) is 0 Å². The fourth-order valence-corrected chi connectivity index (χ4v) is 4.15. The van der Waals surface area contributed by atoms with E-state index in [0.29, 0.717) is 28.7 Å². The van der Waals surface area contributed by atoms with Gasteiger partial charge in [0.25, 0.3) is 0 Å². The fourth-order valence-electron chi connectivity index (χ4n) is 3.90. The molecule has 1 N–H and O–H groups in total. The Morgan fingerprint density at radius 3 is 2.03 bits per heavy atom. The van der Waals surface area contributed by atoms with Gasteiger partial charge in [-0.3, -0.25) is 15.0 Å². The highest BCUT2D eigenvalue weighted by molar-refractivity contribution is 6.30. The Labute approximate surface area is 207 Å². The Morgan fingerprint density at radius 1 is 0.853 bits per heavy atom. The van der Waals surface area contributed by atoms with Crippen LogP contribution in [0.4, 0.5) is 0 Å². The number of aryl methyl sites for hydroxylation is 1. The number of aromatic nitrogens is 2. The molecule has 0 aliphatic rings. The molecule has 0 spiro atoms. The minimum Gasteiger partial charge on any atom is -0.341 e. The van der Waals surface area contributed by atoms with Crippen LogP contribution in [0.25, 0.3) is 11.0 Å². The Kier molecular flexibility index (Phi) is 7.20. The summed E-state index contributed by atoms with van der Waals surface area (Å²) in [7, 11) is 1.76. The zero-order chi connectivity index (χ0) is 24.2. The van der Waals surface area contributed by atoms with Crippen LogP contribution in [0.3, 0.4) is 0 Å². The van der Waals surface area contributed by atoms with E-state index in [1.807, 2.05) is 36.4 Å². The van der Waals surface area contributed by atoms with Crippen molar-refractivity contribution in [3.63, 3.8) is 0 Å². The molecule has 0 bridgehead atoms. The zero-order valence-electron chi connectivity index (χ0n) is 18.7. The molecule has 174 valence electrons. The van der Waals surface area contributed by atoms with Crippen molar-refractivity contribution in [1.82, 2.24) is 14.0 Å². The highest BCUT2D eigenvalue weighted by atomic mass is 35.5. The third-order valence-corrected chi connectivity index (χ3v) is 6.25. The van der Waals surface area contributed by atoms with Gasteiger partial charge in [-0.05, 0) is 54.1 Å². The number of nitrogens with zero attached hydrogens (tertiary/aromatic N) is 3. The van der Waals surface area contributed by atoms with Crippen LogP contribution in [-0.2, 0) is 24.4 Å². The molecule has 0 saturated heterocycles. The smallest absolute Gasteiger partial charge is 0.224 e. The van der Waals surface area contributed by atoms with Crippen molar-refractivity contribution in [2.45, 2.75) is 26.1 Å². The molecule has 0 radical (unpaired) electrons. The molecule has 4 rings (SSSR count). The molecule has 3 aromatic carbocycles. The summed E-state index contributed by atoms with van der Waals surface area (Å²) < 4.78 is 3.45. The molecule has 0 aliphatic heterocycles. The Balaban J connectivity index is 1.51. The van der Waals surface area contributed by atoms with Gasteiger partial charge in [0.2, 0.25) is 11.5 Å². The number of hydrogen-bond acceptors (Lipinski definition) is 3. The predicted octanol–water partition coefficient (Wildman–Crippen LogP) is 5.16. The van der Waals surface area contributed by atoms with Crippen LogP contribution in [0, 0.1) is 5.41 Å². The molecule has 1 amide bonds. The summed E-state index contributed by atoms with van der Waals surface area (Å²) in [6.07, 6.45) is 0.236. The number of fused-ring (bicyclic) bond motifs is 1. The van der Waals surface area contributed by atoms with Crippen LogP contribution in [0.2, 0.25) is 10.0 Å². The quantitative estimate of drug-likeness (QED) is 0.343. The van der Waals surface area contributed by atoms with E-state index >= 15 is 0 Å². The molecule has 1 aromatic heterocycles. The van der Waals surface area contributed by atoms with Crippen LogP contribution >= 0.6 is 23.2 Å². The van der Waals surface area contributed by atoms with E-state index < -0.39 is 0 Å². The number of benzene rings is 3. The van der Waals surface area contributed by atoms with E-state index in [2.05, 4.69) is 0 Å². The van der Waals surface area contributed by atoms with Crippen LogP contribution < -0.4 is 5.62 Å². The van der Waals surface area contributed by atoms with Gasteiger partial charge in [0, 0.05) is 42.2 Å². The van der Waals surface area contributed by atoms with Gasteiger partial charge in [0.05, 0.1) is 17.6 Å². The monoisotopic (exact) mass is 494 g/mol. The van der Waals surface area contributed by atoms with E-state index in [4.69, 9.17) is 28.6 Å². The van der Waals surface area contributed by atoms with Gasteiger partial charge in [-0.25, -0.2) is 0 Å². The molecule has 0 aliphatic carbocycles. The summed E-state index contributed by atoms with van der Waals surface area (Å²) in [4.78, 5) is 27.3. The number of ketones is 1. The topological polar surface area (TPSA) is 71.1 Å². The van der Waals surface area contributed by atoms with Gasteiger partial charge < -0.3 is 14.0 Å². The molecule has 1 heterocycles. The number of imidazole rings is 1. The summed E-state index contributed by atoms with van der Waals surface area (Å²) in [5, 5.41) is 9.95. The number of halogens is 2. The normalized spacial score (nSPS) is 11.0. The molecule has 4 aromatic rings. The van der Waals surface area contributed by atoms with Gasteiger partial charge >= 0.3 is 0 Å². The maximum atomic E-state index is 12.9. The fraction of sp³-hybridized carbons (Fsp3) is 0.192. The number of carbonyl (C=O) groups excluding carboxylic acids is 2. The summed E-state index contributed by atoms with van der Waals surface area (Å²) >= 11 is 11.9. The second-order valence-corrected chi connectivity index (χ2v) is 8.98. The van der Waals surface area contributed by atoms with Crippen molar-refractivity contribution >= 4 is 45.9 Å². The molecule has 0 saturated carbocycles. The average Bonchev–Trinajstić information content (AvgIpc) is 3.10. The highest BCUT2D eigenvalue weighted by Crippen LogP contribution is 2.16. The standard InChI is InChI=1S/C26H24Cl2N4O2/c1-30(16-18-6-10-20(27)11-7-18)25(34)14-15-31-22-4-2-3-5-23(22)32(26(31)29)17-24(33)19-8-12-21(28)13-9-19/h2-13,29H,14-17H2,1H3. The largest absolute Gasteiger partial charge is 0.341 e. The van der Waals surface area contributed by atoms with Crippen molar-refractivity contribution in [2.24, 2.45) is 0 Å². The first-order valence-electron chi connectivity index (χ1n) is 10.8. The van der Waals surface area contributed by atoms with Gasteiger partial charge in [0.15, 0.2) is 5.78 Å². The first-order chi connectivity index (χ1) is 16.3. The first kappa shape index (κ1) is 23.8. The molecular weight excluding hydrogens is 471 g/mol. The molecule has 0 unspecified atom stereocenters. The third kappa shape index (κ3) is 5.24. The van der Waals surface area contributed by atoms with E-state index in [9.17, 15) is 9.59 Å². The number of Topliss-reactive ketones (excluding diaryl/α,β-unsaturated/α-hetero) is 1. The highest BCUT2D eigenvalue weighted by Gasteiger charge is 2.16. The second kappa shape index (κ2) is 10.3. The van der Waals surface area contributed by atoms with Crippen LogP contribution in [0.15, 0.2) is 72.8 Å². The Hall–Kier alpha value is -3.35. The minimum absolute atomic E-state index is 0.0262. The van der Waals surface area contributed by atoms with Gasteiger partial charge in [-0.1, -0.05) is 47.5 Å². The number of amides is 1. The minimum atomic E-state index is -0.114. The van der Waals surface area contributed by atoms with Crippen LogP contribution in [-0.4, -0.2) is 32.8 Å². The summed E-state index contributed by atoms with van der Waals surface area (Å²) in [6, 6.07) is 21.7. The lowest BCUT2D eigenvalue weighted by Gasteiger charge is -2.17. The van der Waals surface area contributed by atoms with E-state index in [1.54, 1.807) is 57.5 Å². The van der Waals surface area contributed by atoms with Crippen molar-refractivity contribution < 1.29 is 9.59 Å². The van der Waals surface area contributed by atoms with Crippen molar-refractivity contribution in [1.29, 1.82) is 5.41 Å². The van der Waals surface area contributed by atoms with E-state index in [-0.39, 0.29) is 30.3 Å². The van der Waals surface area contributed by atoms with Gasteiger partial charge in [0.1, 0.15) is 0 Å². The maximum Gasteiger partial charge on any atom is 0.224 e. The van der Waals surface area contributed by atoms with E-state index in [0.717, 1.165) is 16.6 Å². The SMILES string of the molecule is CN(Cc1ccc(Cl)cc1)C(=O)CCn1c(=N)n(CC(=O)c2ccc(Cl)cc2)c2ccccc21. The van der Waals surface area contributed by atoms with Gasteiger partial charge in [-0.15, -0.1) is 0 Å². The summed E-state index contributed by atoms with van der Waals surface area (Å²) in [5.74, 6) is -0.146. The Morgan fingerprint density at radius 2 is 1.41 bits per heavy atom.